The number of aromatic nitrogens is 1. The largest absolute Gasteiger partial charge is 0.488 e. The van der Waals surface area contributed by atoms with Crippen LogP contribution in [-0.4, -0.2) is 70.5 Å². The monoisotopic (exact) mass is 622 g/mol. The maximum atomic E-state index is 16.3. The Morgan fingerprint density at radius 2 is 1.83 bits per heavy atom. The second kappa shape index (κ2) is 11.1. The molecule has 13 heteroatoms. The molecule has 9 nitrogen and oxygen atoms in total. The molecule has 1 aromatic heterocycles. The molecule has 0 unspecified atom stereocenters. The summed E-state index contributed by atoms with van der Waals surface area (Å²) in [5, 5.41) is 2.73. The second-order valence-electron chi connectivity index (χ2n) is 12.3. The molecule has 3 aromatic rings. The molecule has 5 rings (SSSR count). The molecule has 3 heterocycles. The first-order valence-electron chi connectivity index (χ1n) is 13.5. The van der Waals surface area contributed by atoms with Crippen LogP contribution >= 0.6 is 22.9 Å². The Hall–Kier alpha value is -3.22. The van der Waals surface area contributed by atoms with Crippen LogP contribution in [-0.2, 0) is 16.0 Å². The summed E-state index contributed by atoms with van der Waals surface area (Å²) >= 11 is 7.57. The lowest BCUT2D eigenvalue weighted by atomic mass is 10.00. The average Bonchev–Trinajstić information content (AvgIpc) is 3.18. The molecule has 0 radical (unpaired) electrons. The second-order valence-corrected chi connectivity index (χ2v) is 13.7. The lowest BCUT2D eigenvalue weighted by molar-refractivity contribution is -0.00165. The molecule has 0 saturated carbocycles. The Balaban J connectivity index is 1.44. The van der Waals surface area contributed by atoms with E-state index in [2.05, 4.69) is 15.2 Å². The maximum Gasteiger partial charge on any atom is 0.413 e. The Morgan fingerprint density at radius 3 is 2.52 bits per heavy atom. The number of hydrogen-bond acceptors (Lipinski definition) is 8. The van der Waals surface area contributed by atoms with Gasteiger partial charge in [0.25, 0.3) is 0 Å². The number of nitrogens with one attached hydrogen (secondary N) is 1. The van der Waals surface area contributed by atoms with E-state index in [-0.39, 0.29) is 49.9 Å². The van der Waals surface area contributed by atoms with Crippen LogP contribution in [0.4, 0.5) is 23.5 Å². The van der Waals surface area contributed by atoms with Crippen LogP contribution in [0.15, 0.2) is 18.2 Å². The van der Waals surface area contributed by atoms with Gasteiger partial charge >= 0.3 is 12.2 Å². The quantitative estimate of drug-likeness (QED) is 0.327. The van der Waals surface area contributed by atoms with Crippen molar-refractivity contribution in [3.05, 3.63) is 40.4 Å². The van der Waals surface area contributed by atoms with Crippen LogP contribution in [0.25, 0.3) is 21.3 Å². The third-order valence-electron chi connectivity index (χ3n) is 6.67. The average molecular weight is 623 g/mol. The number of halogens is 3. The first-order chi connectivity index (χ1) is 19.6. The normalized spacial score (nSPS) is 17.6. The van der Waals surface area contributed by atoms with E-state index in [1.54, 1.807) is 31.7 Å². The molecule has 1 fully saturated rings. The molecule has 1 N–H and O–H groups in total. The van der Waals surface area contributed by atoms with Gasteiger partial charge in [0, 0.05) is 42.9 Å². The van der Waals surface area contributed by atoms with Gasteiger partial charge in [-0.2, -0.15) is 0 Å². The SMILES string of the molecule is CC(C)(C)OC(=O)Nc1nc2c(-c3c(Cl)cc4c(c3F)OC[C@H]3CN(C(=O)OC(C)(C)C)CCN3C4)ccc(F)c2s1. The molecule has 2 aliphatic heterocycles. The Labute approximate surface area is 251 Å². The Bertz CT molecular complexity index is 1550. The maximum absolute atomic E-state index is 16.3. The van der Waals surface area contributed by atoms with Crippen LogP contribution in [0.2, 0.25) is 5.02 Å². The van der Waals surface area contributed by atoms with Crippen LogP contribution in [0, 0.1) is 11.6 Å². The number of ether oxygens (including phenoxy) is 3. The predicted octanol–water partition coefficient (Wildman–Crippen LogP) is 7.06. The smallest absolute Gasteiger partial charge is 0.413 e. The summed E-state index contributed by atoms with van der Waals surface area (Å²) in [4.78, 5) is 33.1. The topological polar surface area (TPSA) is 93.2 Å². The minimum absolute atomic E-state index is 0.0183. The predicted molar refractivity (Wildman–Crippen MR) is 157 cm³/mol. The van der Waals surface area contributed by atoms with E-state index in [1.807, 2.05) is 20.8 Å². The van der Waals surface area contributed by atoms with Crippen molar-refractivity contribution in [2.24, 2.45) is 0 Å². The number of carbonyl (C=O) groups excluding carboxylic acids is 2. The van der Waals surface area contributed by atoms with Gasteiger partial charge in [-0.1, -0.05) is 22.9 Å². The molecule has 2 aromatic carbocycles. The minimum atomic E-state index is -0.743. The van der Waals surface area contributed by atoms with Crippen LogP contribution in [0.1, 0.15) is 47.1 Å². The number of carbonyl (C=O) groups is 2. The Morgan fingerprint density at radius 1 is 1.12 bits per heavy atom. The molecule has 2 amide bonds. The minimum Gasteiger partial charge on any atom is -0.488 e. The number of rotatable bonds is 2. The molecule has 1 saturated heterocycles. The summed E-state index contributed by atoms with van der Waals surface area (Å²) in [5.41, 5.74) is -0.366. The van der Waals surface area contributed by atoms with Crippen molar-refractivity contribution in [3.63, 3.8) is 0 Å². The van der Waals surface area contributed by atoms with Crippen LogP contribution in [0.5, 0.6) is 5.75 Å². The molecular weight excluding hydrogens is 590 g/mol. The van der Waals surface area contributed by atoms with Crippen molar-refractivity contribution in [1.82, 2.24) is 14.8 Å². The zero-order valence-corrected chi connectivity index (χ0v) is 25.8. The molecule has 0 aliphatic carbocycles. The molecule has 2 aliphatic rings. The fourth-order valence-electron chi connectivity index (χ4n) is 4.94. The van der Waals surface area contributed by atoms with E-state index in [9.17, 15) is 14.0 Å². The van der Waals surface area contributed by atoms with Gasteiger partial charge in [0.05, 0.1) is 21.3 Å². The van der Waals surface area contributed by atoms with Gasteiger partial charge in [-0.25, -0.2) is 23.4 Å². The first kappa shape index (κ1) is 30.2. The molecule has 0 spiro atoms. The van der Waals surface area contributed by atoms with E-state index in [0.717, 1.165) is 11.3 Å². The van der Waals surface area contributed by atoms with Gasteiger partial charge < -0.3 is 19.1 Å². The van der Waals surface area contributed by atoms with E-state index in [1.165, 1.54) is 12.1 Å². The number of fused-ring (bicyclic) bond motifs is 3. The van der Waals surface area contributed by atoms with Gasteiger partial charge in [0.2, 0.25) is 0 Å². The number of anilines is 1. The van der Waals surface area contributed by atoms with Gasteiger partial charge in [-0.3, -0.25) is 10.2 Å². The summed E-state index contributed by atoms with van der Waals surface area (Å²) < 4.78 is 48.0. The van der Waals surface area contributed by atoms with Gasteiger partial charge in [0.15, 0.2) is 16.7 Å². The number of benzene rings is 2. The zero-order chi connectivity index (χ0) is 30.6. The van der Waals surface area contributed by atoms with Crippen molar-refractivity contribution in [1.29, 1.82) is 0 Å². The lowest BCUT2D eigenvalue weighted by Gasteiger charge is -2.40. The van der Waals surface area contributed by atoms with Crippen LogP contribution in [0.3, 0.4) is 0 Å². The number of thiazole rings is 1. The van der Waals surface area contributed by atoms with Crippen molar-refractivity contribution >= 4 is 50.5 Å². The van der Waals surface area contributed by atoms with Gasteiger partial charge in [0.1, 0.15) is 23.6 Å². The summed E-state index contributed by atoms with van der Waals surface area (Å²) in [6.45, 7) is 12.5. The van der Waals surface area contributed by atoms with Gasteiger partial charge in [-0.05, 0) is 59.7 Å². The van der Waals surface area contributed by atoms with Crippen molar-refractivity contribution in [2.75, 3.05) is 31.6 Å². The van der Waals surface area contributed by atoms with Gasteiger partial charge in [-0.15, -0.1) is 0 Å². The molecule has 0 bridgehead atoms. The van der Waals surface area contributed by atoms with E-state index < -0.39 is 35.0 Å². The highest BCUT2D eigenvalue weighted by Gasteiger charge is 2.36. The summed E-state index contributed by atoms with van der Waals surface area (Å²) in [5.74, 6) is -1.21. The first-order valence-corrected chi connectivity index (χ1v) is 14.7. The third kappa shape index (κ3) is 6.40. The lowest BCUT2D eigenvalue weighted by Crippen LogP contribution is -2.56. The zero-order valence-electron chi connectivity index (χ0n) is 24.3. The summed E-state index contributed by atoms with van der Waals surface area (Å²) in [6, 6.07) is 4.09. The number of hydrogen-bond donors (Lipinski definition) is 1. The highest BCUT2D eigenvalue weighted by atomic mass is 35.5. The number of piperazine rings is 1. The fourth-order valence-corrected chi connectivity index (χ4v) is 6.14. The van der Waals surface area contributed by atoms with E-state index in [0.29, 0.717) is 31.7 Å². The van der Waals surface area contributed by atoms with Crippen molar-refractivity contribution in [3.8, 4) is 16.9 Å². The Kier molecular flexibility index (Phi) is 8.01. The van der Waals surface area contributed by atoms with E-state index >= 15 is 4.39 Å². The van der Waals surface area contributed by atoms with Crippen LogP contribution < -0.4 is 10.1 Å². The summed E-state index contributed by atoms with van der Waals surface area (Å²) in [6.07, 6.45) is -1.14. The third-order valence-corrected chi connectivity index (χ3v) is 7.95. The number of amides is 2. The molecular formula is C29H33ClF2N4O5S. The standard InChI is InChI=1S/C29H33ClF2N4O5S/c1-28(2,3)40-26(37)34-25-33-22-17(7-8-19(31)24(22)42-25)20-18(30)11-15-12-35-9-10-36(27(38)41-29(4,5)6)13-16(35)14-39-23(15)21(20)32/h7-8,11,16H,9-10,12-14H2,1-6H3,(H,33,34,37)/t16-/m1/s1. The highest BCUT2D eigenvalue weighted by molar-refractivity contribution is 7.22. The van der Waals surface area contributed by atoms with Crippen molar-refractivity contribution in [2.45, 2.75) is 65.3 Å². The molecule has 226 valence electrons. The van der Waals surface area contributed by atoms with Crippen molar-refractivity contribution < 1.29 is 32.6 Å². The molecule has 1 atom stereocenters. The highest BCUT2D eigenvalue weighted by Crippen LogP contribution is 2.44. The summed E-state index contributed by atoms with van der Waals surface area (Å²) in [7, 11) is 0. The molecule has 42 heavy (non-hydrogen) atoms. The fraction of sp³-hybridized carbons (Fsp3) is 0.483. The number of nitrogens with zero attached hydrogens (tertiary/aromatic N) is 3. The van der Waals surface area contributed by atoms with E-state index in [4.69, 9.17) is 25.8 Å².